The highest BCUT2D eigenvalue weighted by Crippen LogP contribution is 2.32. The van der Waals surface area contributed by atoms with Crippen LogP contribution in [0.3, 0.4) is 0 Å². The van der Waals surface area contributed by atoms with Crippen LogP contribution >= 0.6 is 27.3 Å². The summed E-state index contributed by atoms with van der Waals surface area (Å²) in [5.74, 6) is 1.10. The first kappa shape index (κ1) is 13.1. The Balaban J connectivity index is 2.15. The molecule has 2 nitrogen and oxygen atoms in total. The molecule has 1 unspecified atom stereocenters. The van der Waals surface area contributed by atoms with Gasteiger partial charge in [-0.3, -0.25) is 0 Å². The van der Waals surface area contributed by atoms with Crippen LogP contribution in [-0.4, -0.2) is 13.2 Å². The Hall–Kier alpha value is -0.320. The van der Waals surface area contributed by atoms with Crippen molar-refractivity contribution >= 4 is 27.3 Å². The highest BCUT2D eigenvalue weighted by molar-refractivity contribution is 9.10. The molecule has 0 fully saturated rings. The molecule has 4 heteroatoms. The van der Waals surface area contributed by atoms with Gasteiger partial charge < -0.3 is 10.1 Å². The van der Waals surface area contributed by atoms with Gasteiger partial charge in [0.25, 0.3) is 0 Å². The van der Waals surface area contributed by atoms with E-state index in [-0.39, 0.29) is 6.04 Å². The average molecular weight is 316 g/mol. The summed E-state index contributed by atoms with van der Waals surface area (Å²) >= 11 is 5.29. The first-order valence-electron chi connectivity index (χ1n) is 6.11. The largest absolute Gasteiger partial charge is 0.496 e. The van der Waals surface area contributed by atoms with E-state index in [1.165, 1.54) is 4.88 Å². The lowest BCUT2D eigenvalue weighted by atomic mass is 10.1. The minimum absolute atomic E-state index is 0.228. The van der Waals surface area contributed by atoms with E-state index in [0.29, 0.717) is 0 Å². The van der Waals surface area contributed by atoms with Gasteiger partial charge in [0.15, 0.2) is 0 Å². The summed E-state index contributed by atoms with van der Waals surface area (Å²) in [7, 11) is 0. The maximum atomic E-state index is 5.79. The van der Waals surface area contributed by atoms with Gasteiger partial charge in [0, 0.05) is 14.7 Å². The van der Waals surface area contributed by atoms with Crippen LogP contribution in [0.25, 0.3) is 0 Å². The summed E-state index contributed by atoms with van der Waals surface area (Å²) in [6.07, 6.45) is 5.63. The van der Waals surface area contributed by atoms with Gasteiger partial charge in [-0.2, -0.15) is 0 Å². The zero-order valence-corrected chi connectivity index (χ0v) is 12.4. The SMILES string of the molecule is CCCNC(C1=CCCCO1)c1cc(Br)cs1. The molecule has 1 aromatic rings. The molecule has 94 valence electrons. The van der Waals surface area contributed by atoms with Crippen LogP contribution < -0.4 is 5.32 Å². The Morgan fingerprint density at radius 1 is 1.59 bits per heavy atom. The fourth-order valence-electron chi connectivity index (χ4n) is 1.89. The van der Waals surface area contributed by atoms with E-state index in [4.69, 9.17) is 4.74 Å². The molecular formula is C13H18BrNOS. The molecule has 2 heterocycles. The first-order valence-corrected chi connectivity index (χ1v) is 7.78. The van der Waals surface area contributed by atoms with Gasteiger partial charge in [-0.15, -0.1) is 11.3 Å². The van der Waals surface area contributed by atoms with E-state index in [9.17, 15) is 0 Å². The second-order valence-corrected chi connectivity index (χ2v) is 6.01. The first-order chi connectivity index (χ1) is 8.31. The third kappa shape index (κ3) is 3.57. The zero-order chi connectivity index (χ0) is 12.1. The van der Waals surface area contributed by atoms with E-state index in [1.807, 2.05) is 0 Å². The Kier molecular flexibility index (Phi) is 5.07. The molecule has 1 N–H and O–H groups in total. The molecule has 1 aromatic heterocycles. The third-order valence-electron chi connectivity index (χ3n) is 2.72. The van der Waals surface area contributed by atoms with Crippen molar-refractivity contribution in [2.45, 2.75) is 32.2 Å². The van der Waals surface area contributed by atoms with Crippen LogP contribution in [0.5, 0.6) is 0 Å². The van der Waals surface area contributed by atoms with Crippen LogP contribution in [0.2, 0.25) is 0 Å². The monoisotopic (exact) mass is 315 g/mol. The molecule has 0 amide bonds. The van der Waals surface area contributed by atoms with Crippen LogP contribution in [0.15, 0.2) is 27.8 Å². The van der Waals surface area contributed by atoms with E-state index >= 15 is 0 Å². The van der Waals surface area contributed by atoms with Gasteiger partial charge in [-0.25, -0.2) is 0 Å². The van der Waals surface area contributed by atoms with Crippen LogP contribution in [0.1, 0.15) is 37.1 Å². The number of nitrogens with one attached hydrogen (secondary N) is 1. The van der Waals surface area contributed by atoms with Gasteiger partial charge in [-0.1, -0.05) is 6.92 Å². The van der Waals surface area contributed by atoms with Crippen molar-refractivity contribution < 1.29 is 4.74 Å². The van der Waals surface area contributed by atoms with Gasteiger partial charge in [-0.05, 0) is 53.9 Å². The number of hydrogen-bond donors (Lipinski definition) is 1. The average Bonchev–Trinajstić information content (AvgIpc) is 2.78. The molecule has 0 aromatic carbocycles. The van der Waals surface area contributed by atoms with Crippen LogP contribution in [0, 0.1) is 0 Å². The zero-order valence-electron chi connectivity index (χ0n) is 10.0. The summed E-state index contributed by atoms with van der Waals surface area (Å²) in [6.45, 7) is 4.05. The van der Waals surface area contributed by atoms with Gasteiger partial charge >= 0.3 is 0 Å². The van der Waals surface area contributed by atoms with Crippen molar-refractivity contribution in [2.24, 2.45) is 0 Å². The number of thiophene rings is 1. The van der Waals surface area contributed by atoms with E-state index < -0.39 is 0 Å². The Morgan fingerprint density at radius 3 is 3.06 bits per heavy atom. The van der Waals surface area contributed by atoms with Crippen LogP contribution in [-0.2, 0) is 4.74 Å². The molecule has 0 radical (unpaired) electrons. The minimum Gasteiger partial charge on any atom is -0.496 e. The lowest BCUT2D eigenvalue weighted by molar-refractivity contribution is 0.168. The lowest BCUT2D eigenvalue weighted by Gasteiger charge is -2.24. The predicted molar refractivity (Wildman–Crippen MR) is 76.3 cm³/mol. The summed E-state index contributed by atoms with van der Waals surface area (Å²) in [5.41, 5.74) is 0. The molecule has 1 aliphatic rings. The molecular weight excluding hydrogens is 298 g/mol. The van der Waals surface area contributed by atoms with Gasteiger partial charge in [0.1, 0.15) is 5.76 Å². The van der Waals surface area contributed by atoms with Gasteiger partial charge in [0.2, 0.25) is 0 Å². The summed E-state index contributed by atoms with van der Waals surface area (Å²) in [5, 5.41) is 5.69. The van der Waals surface area contributed by atoms with Crippen molar-refractivity contribution in [3.05, 3.63) is 32.6 Å². The summed E-state index contributed by atoms with van der Waals surface area (Å²) in [4.78, 5) is 1.32. The Morgan fingerprint density at radius 2 is 2.47 bits per heavy atom. The summed E-state index contributed by atoms with van der Waals surface area (Å²) in [6, 6.07) is 2.41. The second-order valence-electron chi connectivity index (χ2n) is 4.15. The molecule has 2 rings (SSSR count). The molecule has 0 aliphatic carbocycles. The molecule has 0 spiro atoms. The number of ether oxygens (including phenoxy) is 1. The Labute approximate surface area is 115 Å². The minimum atomic E-state index is 0.228. The Bertz CT molecular complexity index is 389. The molecule has 1 atom stereocenters. The predicted octanol–water partition coefficient (Wildman–Crippen LogP) is 4.25. The molecule has 0 bridgehead atoms. The van der Waals surface area contributed by atoms with Crippen molar-refractivity contribution in [1.82, 2.24) is 5.32 Å². The molecule has 0 saturated carbocycles. The number of hydrogen-bond acceptors (Lipinski definition) is 3. The second kappa shape index (κ2) is 6.57. The summed E-state index contributed by atoms with van der Waals surface area (Å²) < 4.78 is 6.94. The van der Waals surface area contributed by atoms with Crippen molar-refractivity contribution in [1.29, 1.82) is 0 Å². The number of halogens is 1. The molecule has 0 saturated heterocycles. The van der Waals surface area contributed by atoms with Crippen LogP contribution in [0.4, 0.5) is 0 Å². The third-order valence-corrected chi connectivity index (χ3v) is 4.48. The fourth-order valence-corrected chi connectivity index (χ4v) is 3.41. The van der Waals surface area contributed by atoms with Gasteiger partial charge in [0.05, 0.1) is 12.6 Å². The standard InChI is InChI=1S/C13H18BrNOS/c1-2-6-15-13(11-5-3-4-7-16-11)12-8-10(14)9-17-12/h5,8-9,13,15H,2-4,6-7H2,1H3. The van der Waals surface area contributed by atoms with Crippen molar-refractivity contribution in [3.63, 3.8) is 0 Å². The normalized spacial score (nSPS) is 17.4. The topological polar surface area (TPSA) is 21.3 Å². The van der Waals surface area contributed by atoms with E-state index in [0.717, 1.165) is 42.6 Å². The fraction of sp³-hybridized carbons (Fsp3) is 0.538. The highest BCUT2D eigenvalue weighted by Gasteiger charge is 2.20. The van der Waals surface area contributed by atoms with Crippen molar-refractivity contribution in [2.75, 3.05) is 13.2 Å². The maximum absolute atomic E-state index is 5.79. The van der Waals surface area contributed by atoms with E-state index in [1.54, 1.807) is 11.3 Å². The smallest absolute Gasteiger partial charge is 0.114 e. The number of allylic oxidation sites excluding steroid dienone is 1. The molecule has 17 heavy (non-hydrogen) atoms. The molecule has 1 aliphatic heterocycles. The van der Waals surface area contributed by atoms with E-state index in [2.05, 4.69) is 45.7 Å². The number of rotatable bonds is 5. The lowest BCUT2D eigenvalue weighted by Crippen LogP contribution is -2.25. The highest BCUT2D eigenvalue weighted by atomic mass is 79.9. The van der Waals surface area contributed by atoms with Crippen molar-refractivity contribution in [3.8, 4) is 0 Å². The maximum Gasteiger partial charge on any atom is 0.114 e. The quantitative estimate of drug-likeness (QED) is 0.877.